The van der Waals surface area contributed by atoms with Gasteiger partial charge in [-0.05, 0) is 54.3 Å². The SMILES string of the molecule is COc1cc(/C=C(\C#N)C(=O)NC[C@@H]2CCCO2)ccc1OCc1ccc(C(=O)O)cc1. The topological polar surface area (TPSA) is 118 Å². The van der Waals surface area contributed by atoms with Crippen molar-refractivity contribution in [1.82, 2.24) is 5.32 Å². The predicted octanol–water partition coefficient (Wildman–Crippen LogP) is 3.17. The molecule has 1 heterocycles. The van der Waals surface area contributed by atoms with Gasteiger partial charge in [-0.1, -0.05) is 18.2 Å². The molecule has 8 heteroatoms. The smallest absolute Gasteiger partial charge is 0.335 e. The van der Waals surface area contributed by atoms with E-state index in [1.54, 1.807) is 30.3 Å². The van der Waals surface area contributed by atoms with Crippen LogP contribution in [0.4, 0.5) is 0 Å². The van der Waals surface area contributed by atoms with Crippen LogP contribution in [-0.2, 0) is 16.1 Å². The van der Waals surface area contributed by atoms with Gasteiger partial charge in [0.1, 0.15) is 18.2 Å². The van der Waals surface area contributed by atoms with Crippen molar-refractivity contribution in [3.8, 4) is 17.6 Å². The van der Waals surface area contributed by atoms with Crippen molar-refractivity contribution in [2.45, 2.75) is 25.6 Å². The minimum Gasteiger partial charge on any atom is -0.493 e. The van der Waals surface area contributed by atoms with Crippen molar-refractivity contribution in [2.75, 3.05) is 20.3 Å². The third-order valence-electron chi connectivity index (χ3n) is 4.97. The zero-order valence-electron chi connectivity index (χ0n) is 17.7. The lowest BCUT2D eigenvalue weighted by Gasteiger charge is -2.12. The number of nitrogens with zero attached hydrogens (tertiary/aromatic N) is 1. The highest BCUT2D eigenvalue weighted by Gasteiger charge is 2.18. The van der Waals surface area contributed by atoms with E-state index in [1.807, 2.05) is 6.07 Å². The van der Waals surface area contributed by atoms with E-state index in [1.165, 1.54) is 25.3 Å². The summed E-state index contributed by atoms with van der Waals surface area (Å²) in [7, 11) is 1.50. The average Bonchev–Trinajstić information content (AvgIpc) is 3.34. The van der Waals surface area contributed by atoms with Crippen LogP contribution in [0.25, 0.3) is 6.08 Å². The fourth-order valence-corrected chi connectivity index (χ4v) is 3.22. The third-order valence-corrected chi connectivity index (χ3v) is 4.97. The lowest BCUT2D eigenvalue weighted by atomic mass is 10.1. The van der Waals surface area contributed by atoms with Crippen molar-refractivity contribution in [3.05, 3.63) is 64.7 Å². The number of aromatic carboxylic acids is 1. The number of hydrogen-bond donors (Lipinski definition) is 2. The molecule has 1 atom stereocenters. The minimum absolute atomic E-state index is 0.00394. The second-order valence-electron chi connectivity index (χ2n) is 7.22. The fraction of sp³-hybridized carbons (Fsp3) is 0.292. The summed E-state index contributed by atoms with van der Waals surface area (Å²) in [5, 5.41) is 21.1. The lowest BCUT2D eigenvalue weighted by molar-refractivity contribution is -0.117. The number of nitriles is 1. The third kappa shape index (κ3) is 6.09. The molecule has 0 spiro atoms. The van der Waals surface area contributed by atoms with E-state index in [9.17, 15) is 14.9 Å². The molecule has 2 aromatic rings. The molecule has 0 radical (unpaired) electrons. The molecule has 0 unspecified atom stereocenters. The number of carboxylic acids is 1. The minimum atomic E-state index is -0.986. The van der Waals surface area contributed by atoms with E-state index in [0.29, 0.717) is 30.2 Å². The molecule has 166 valence electrons. The molecule has 0 aliphatic carbocycles. The monoisotopic (exact) mass is 436 g/mol. The van der Waals surface area contributed by atoms with E-state index in [2.05, 4.69) is 5.32 Å². The van der Waals surface area contributed by atoms with Gasteiger partial charge in [-0.2, -0.15) is 5.26 Å². The zero-order valence-corrected chi connectivity index (χ0v) is 17.7. The Morgan fingerprint density at radius 3 is 2.66 bits per heavy atom. The van der Waals surface area contributed by atoms with Crippen molar-refractivity contribution in [3.63, 3.8) is 0 Å². The number of hydrogen-bond acceptors (Lipinski definition) is 6. The first kappa shape index (κ1) is 22.8. The Labute approximate surface area is 186 Å². The predicted molar refractivity (Wildman–Crippen MR) is 116 cm³/mol. The van der Waals surface area contributed by atoms with Gasteiger partial charge >= 0.3 is 5.97 Å². The summed E-state index contributed by atoms with van der Waals surface area (Å²) in [5.74, 6) is -0.515. The van der Waals surface area contributed by atoms with Gasteiger partial charge in [-0.25, -0.2) is 4.79 Å². The fourth-order valence-electron chi connectivity index (χ4n) is 3.22. The maximum Gasteiger partial charge on any atom is 0.335 e. The highest BCUT2D eigenvalue weighted by atomic mass is 16.5. The highest BCUT2D eigenvalue weighted by molar-refractivity contribution is 6.01. The van der Waals surface area contributed by atoms with Crippen LogP contribution in [0, 0.1) is 11.3 Å². The van der Waals surface area contributed by atoms with Gasteiger partial charge in [-0.3, -0.25) is 4.79 Å². The van der Waals surface area contributed by atoms with Gasteiger partial charge in [-0.15, -0.1) is 0 Å². The molecule has 0 bridgehead atoms. The Morgan fingerprint density at radius 2 is 2.03 bits per heavy atom. The van der Waals surface area contributed by atoms with Crippen LogP contribution in [0.3, 0.4) is 0 Å². The molecule has 0 saturated carbocycles. The summed E-state index contributed by atoms with van der Waals surface area (Å²) in [4.78, 5) is 23.3. The summed E-state index contributed by atoms with van der Waals surface area (Å²) >= 11 is 0. The molecule has 1 fully saturated rings. The van der Waals surface area contributed by atoms with Crippen LogP contribution < -0.4 is 14.8 Å². The Kier molecular flexibility index (Phi) is 7.84. The molecule has 1 saturated heterocycles. The molecule has 2 N–H and O–H groups in total. The van der Waals surface area contributed by atoms with E-state index in [-0.39, 0.29) is 23.8 Å². The van der Waals surface area contributed by atoms with Gasteiger partial charge in [0, 0.05) is 13.2 Å². The highest BCUT2D eigenvalue weighted by Crippen LogP contribution is 2.29. The molecule has 1 aliphatic heterocycles. The van der Waals surface area contributed by atoms with Crippen LogP contribution in [-0.4, -0.2) is 43.3 Å². The average molecular weight is 436 g/mol. The number of amides is 1. The molecule has 8 nitrogen and oxygen atoms in total. The standard InChI is InChI=1S/C24H24N2O6/c1-30-22-12-17(11-19(13-25)23(27)26-14-20-3-2-10-31-20)6-9-21(22)32-15-16-4-7-18(8-5-16)24(28)29/h4-9,11-12,20H,2-3,10,14-15H2,1H3,(H,26,27)(H,28,29)/b19-11+/t20-/m0/s1. The van der Waals surface area contributed by atoms with Gasteiger partial charge in [0.15, 0.2) is 11.5 Å². The second kappa shape index (κ2) is 11.0. The molecule has 0 aromatic heterocycles. The maximum atomic E-state index is 12.3. The van der Waals surface area contributed by atoms with Crippen LogP contribution in [0.1, 0.15) is 34.3 Å². The quantitative estimate of drug-likeness (QED) is 0.458. The Hall–Kier alpha value is -3.83. The van der Waals surface area contributed by atoms with Crippen molar-refractivity contribution in [2.24, 2.45) is 0 Å². The van der Waals surface area contributed by atoms with Crippen LogP contribution in [0.2, 0.25) is 0 Å². The normalized spacial score (nSPS) is 15.6. The van der Waals surface area contributed by atoms with Crippen molar-refractivity contribution in [1.29, 1.82) is 5.26 Å². The molecule has 3 rings (SSSR count). The number of benzene rings is 2. The number of carboxylic acid groups (broad SMARTS) is 1. The first-order chi connectivity index (χ1) is 15.5. The summed E-state index contributed by atoms with van der Waals surface area (Å²) in [6.07, 6.45) is 3.36. The van der Waals surface area contributed by atoms with Crippen molar-refractivity contribution < 1.29 is 28.9 Å². The first-order valence-corrected chi connectivity index (χ1v) is 10.1. The van der Waals surface area contributed by atoms with E-state index in [4.69, 9.17) is 19.3 Å². The molecule has 1 aliphatic rings. The number of carbonyl (C=O) groups excluding carboxylic acids is 1. The Balaban J connectivity index is 1.65. The summed E-state index contributed by atoms with van der Waals surface area (Å²) in [6.45, 7) is 1.30. The number of methoxy groups -OCH3 is 1. The van der Waals surface area contributed by atoms with Crippen LogP contribution >= 0.6 is 0 Å². The summed E-state index contributed by atoms with van der Waals surface area (Å²) in [5.41, 5.74) is 1.60. The van der Waals surface area contributed by atoms with Crippen LogP contribution in [0.5, 0.6) is 11.5 Å². The van der Waals surface area contributed by atoms with Gasteiger partial charge < -0.3 is 24.6 Å². The van der Waals surface area contributed by atoms with E-state index < -0.39 is 11.9 Å². The molecule has 2 aromatic carbocycles. The van der Waals surface area contributed by atoms with E-state index >= 15 is 0 Å². The summed E-state index contributed by atoms with van der Waals surface area (Å²) < 4.78 is 16.7. The number of nitrogens with one attached hydrogen (secondary N) is 1. The largest absolute Gasteiger partial charge is 0.493 e. The van der Waals surface area contributed by atoms with E-state index in [0.717, 1.165) is 18.4 Å². The summed E-state index contributed by atoms with van der Waals surface area (Å²) in [6, 6.07) is 13.4. The van der Waals surface area contributed by atoms with Crippen LogP contribution in [0.15, 0.2) is 48.0 Å². The molecule has 1 amide bonds. The molecular weight excluding hydrogens is 412 g/mol. The van der Waals surface area contributed by atoms with Gasteiger partial charge in [0.25, 0.3) is 5.91 Å². The maximum absolute atomic E-state index is 12.3. The lowest BCUT2D eigenvalue weighted by Crippen LogP contribution is -2.32. The van der Waals surface area contributed by atoms with Gasteiger partial charge in [0.2, 0.25) is 0 Å². The Bertz CT molecular complexity index is 1030. The Morgan fingerprint density at radius 1 is 1.25 bits per heavy atom. The second-order valence-corrected chi connectivity index (χ2v) is 7.22. The zero-order chi connectivity index (χ0) is 22.9. The first-order valence-electron chi connectivity index (χ1n) is 10.1. The molecular formula is C24H24N2O6. The van der Waals surface area contributed by atoms with Gasteiger partial charge in [0.05, 0.1) is 18.8 Å². The number of ether oxygens (including phenoxy) is 3. The number of rotatable bonds is 9. The molecule has 32 heavy (non-hydrogen) atoms. The van der Waals surface area contributed by atoms with Crippen molar-refractivity contribution >= 4 is 18.0 Å². The number of carbonyl (C=O) groups is 2.